The minimum absolute atomic E-state index is 1.22. The van der Waals surface area contributed by atoms with Crippen molar-refractivity contribution < 1.29 is 0 Å². The van der Waals surface area contributed by atoms with E-state index in [2.05, 4.69) is 42.5 Å². The molecule has 0 aromatic heterocycles. The van der Waals surface area contributed by atoms with E-state index >= 15 is 0 Å². The Labute approximate surface area is 81.4 Å². The van der Waals surface area contributed by atoms with Crippen molar-refractivity contribution in [3.63, 3.8) is 0 Å². The molecular formula is C13H18. The van der Waals surface area contributed by atoms with E-state index in [1.54, 1.807) is 0 Å². The second-order valence-electron chi connectivity index (χ2n) is 3.30. The van der Waals surface area contributed by atoms with Gasteiger partial charge in [0, 0.05) is 0 Å². The van der Waals surface area contributed by atoms with Crippen molar-refractivity contribution in [1.29, 1.82) is 0 Å². The molecule has 1 rings (SSSR count). The SMILES string of the molecule is CC=CC=CC1=CC=CCCCC1. The highest BCUT2D eigenvalue weighted by molar-refractivity contribution is 5.26. The van der Waals surface area contributed by atoms with Crippen LogP contribution in [0.5, 0.6) is 0 Å². The fourth-order valence-corrected chi connectivity index (χ4v) is 1.39. The molecule has 0 aliphatic heterocycles. The van der Waals surface area contributed by atoms with E-state index < -0.39 is 0 Å². The van der Waals surface area contributed by atoms with Crippen LogP contribution in [0.15, 0.2) is 48.1 Å². The Morgan fingerprint density at radius 3 is 3.00 bits per heavy atom. The number of rotatable bonds is 2. The summed E-state index contributed by atoms with van der Waals surface area (Å²) in [5.41, 5.74) is 1.44. The van der Waals surface area contributed by atoms with Gasteiger partial charge in [-0.15, -0.1) is 0 Å². The molecule has 0 N–H and O–H groups in total. The van der Waals surface area contributed by atoms with Crippen molar-refractivity contribution in [3.05, 3.63) is 48.1 Å². The summed E-state index contributed by atoms with van der Waals surface area (Å²) in [5.74, 6) is 0. The van der Waals surface area contributed by atoms with E-state index in [9.17, 15) is 0 Å². The third-order valence-electron chi connectivity index (χ3n) is 2.15. The standard InChI is InChI=1S/C13H18/c1-2-3-7-10-13-11-8-5-4-6-9-12-13/h2-3,5,7-8,10-11H,4,6,9,12H2,1H3. The van der Waals surface area contributed by atoms with Crippen LogP contribution < -0.4 is 0 Å². The molecule has 0 fully saturated rings. The molecule has 0 unspecified atom stereocenters. The Hall–Kier alpha value is -1.04. The van der Waals surface area contributed by atoms with Gasteiger partial charge in [-0.2, -0.15) is 0 Å². The van der Waals surface area contributed by atoms with Gasteiger partial charge in [-0.1, -0.05) is 42.5 Å². The first-order chi connectivity index (χ1) is 6.43. The van der Waals surface area contributed by atoms with Crippen molar-refractivity contribution in [2.75, 3.05) is 0 Å². The summed E-state index contributed by atoms with van der Waals surface area (Å²) < 4.78 is 0. The number of allylic oxidation sites excluding steroid dienone is 8. The number of hydrogen-bond acceptors (Lipinski definition) is 0. The van der Waals surface area contributed by atoms with Gasteiger partial charge in [0.05, 0.1) is 0 Å². The second-order valence-corrected chi connectivity index (χ2v) is 3.30. The zero-order valence-electron chi connectivity index (χ0n) is 8.37. The zero-order chi connectivity index (χ0) is 9.36. The van der Waals surface area contributed by atoms with Gasteiger partial charge >= 0.3 is 0 Å². The molecular weight excluding hydrogens is 156 g/mol. The smallest absolute Gasteiger partial charge is 0.0279 e. The lowest BCUT2D eigenvalue weighted by Gasteiger charge is -2.03. The van der Waals surface area contributed by atoms with E-state index in [4.69, 9.17) is 0 Å². The minimum atomic E-state index is 1.22. The van der Waals surface area contributed by atoms with Gasteiger partial charge in [0.1, 0.15) is 0 Å². The summed E-state index contributed by atoms with van der Waals surface area (Å²) >= 11 is 0. The molecule has 13 heavy (non-hydrogen) atoms. The van der Waals surface area contributed by atoms with Gasteiger partial charge in [0.15, 0.2) is 0 Å². The lowest BCUT2D eigenvalue weighted by molar-refractivity contribution is 0.745. The summed E-state index contributed by atoms with van der Waals surface area (Å²) in [5, 5.41) is 0. The maximum Gasteiger partial charge on any atom is -0.0279 e. The fraction of sp³-hybridized carbons (Fsp3) is 0.385. The molecule has 1 aliphatic carbocycles. The first kappa shape index (κ1) is 10.0. The van der Waals surface area contributed by atoms with Crippen molar-refractivity contribution in [2.45, 2.75) is 32.6 Å². The largest absolute Gasteiger partial charge is 0.0877 e. The van der Waals surface area contributed by atoms with Gasteiger partial charge in [-0.3, -0.25) is 0 Å². The van der Waals surface area contributed by atoms with Crippen molar-refractivity contribution >= 4 is 0 Å². The Kier molecular flexibility index (Phi) is 5.00. The highest BCUT2D eigenvalue weighted by atomic mass is 14.0. The maximum absolute atomic E-state index is 2.25. The molecule has 0 saturated carbocycles. The summed E-state index contributed by atoms with van der Waals surface area (Å²) in [6.07, 6.45) is 20.2. The molecule has 0 atom stereocenters. The van der Waals surface area contributed by atoms with Gasteiger partial charge in [0.25, 0.3) is 0 Å². The summed E-state index contributed by atoms with van der Waals surface area (Å²) in [6, 6.07) is 0. The van der Waals surface area contributed by atoms with Gasteiger partial charge in [0.2, 0.25) is 0 Å². The molecule has 70 valence electrons. The topological polar surface area (TPSA) is 0 Å². The van der Waals surface area contributed by atoms with Crippen LogP contribution in [0, 0.1) is 0 Å². The van der Waals surface area contributed by atoms with E-state index in [1.165, 1.54) is 31.3 Å². The van der Waals surface area contributed by atoms with Crippen LogP contribution in [-0.2, 0) is 0 Å². The molecule has 0 amide bonds. The van der Waals surface area contributed by atoms with Crippen molar-refractivity contribution in [1.82, 2.24) is 0 Å². The molecule has 0 bridgehead atoms. The maximum atomic E-state index is 2.25. The Balaban J connectivity index is 2.54. The van der Waals surface area contributed by atoms with Crippen molar-refractivity contribution in [2.24, 2.45) is 0 Å². The molecule has 0 heterocycles. The van der Waals surface area contributed by atoms with E-state index in [-0.39, 0.29) is 0 Å². The van der Waals surface area contributed by atoms with Crippen LogP contribution >= 0.6 is 0 Å². The fourth-order valence-electron chi connectivity index (χ4n) is 1.39. The van der Waals surface area contributed by atoms with Crippen LogP contribution in [0.1, 0.15) is 32.6 Å². The quantitative estimate of drug-likeness (QED) is 0.551. The lowest BCUT2D eigenvalue weighted by Crippen LogP contribution is -1.83. The monoisotopic (exact) mass is 174 g/mol. The third kappa shape index (κ3) is 4.51. The Bertz CT molecular complexity index is 239. The molecule has 1 aliphatic rings. The molecule has 0 aromatic carbocycles. The van der Waals surface area contributed by atoms with E-state index in [1.807, 2.05) is 6.92 Å². The highest BCUT2D eigenvalue weighted by Gasteiger charge is 1.94. The average molecular weight is 174 g/mol. The predicted molar refractivity (Wildman–Crippen MR) is 59.6 cm³/mol. The Morgan fingerprint density at radius 1 is 1.23 bits per heavy atom. The van der Waals surface area contributed by atoms with Crippen molar-refractivity contribution in [3.8, 4) is 0 Å². The molecule has 0 nitrogen and oxygen atoms in total. The summed E-state index contributed by atoms with van der Waals surface area (Å²) in [4.78, 5) is 0. The molecule has 0 radical (unpaired) electrons. The summed E-state index contributed by atoms with van der Waals surface area (Å²) in [6.45, 7) is 2.04. The van der Waals surface area contributed by atoms with Crippen LogP contribution in [0.3, 0.4) is 0 Å². The predicted octanol–water partition coefficient (Wildman–Crippen LogP) is 4.18. The minimum Gasteiger partial charge on any atom is -0.0877 e. The third-order valence-corrected chi connectivity index (χ3v) is 2.15. The molecule has 0 saturated heterocycles. The van der Waals surface area contributed by atoms with Crippen LogP contribution in [0.25, 0.3) is 0 Å². The van der Waals surface area contributed by atoms with Gasteiger partial charge in [-0.25, -0.2) is 0 Å². The zero-order valence-corrected chi connectivity index (χ0v) is 8.37. The molecule has 0 heteroatoms. The Morgan fingerprint density at radius 2 is 2.15 bits per heavy atom. The van der Waals surface area contributed by atoms with E-state index in [0.717, 1.165) is 0 Å². The highest BCUT2D eigenvalue weighted by Crippen LogP contribution is 2.13. The van der Waals surface area contributed by atoms with Crippen LogP contribution in [0.4, 0.5) is 0 Å². The average Bonchev–Trinajstić information content (AvgIpc) is 2.08. The molecule has 0 spiro atoms. The second kappa shape index (κ2) is 6.47. The van der Waals surface area contributed by atoms with Crippen LogP contribution in [-0.4, -0.2) is 0 Å². The number of hydrogen-bond donors (Lipinski definition) is 0. The van der Waals surface area contributed by atoms with Crippen LogP contribution in [0.2, 0.25) is 0 Å². The van der Waals surface area contributed by atoms with Gasteiger partial charge in [-0.05, 0) is 38.2 Å². The van der Waals surface area contributed by atoms with E-state index in [0.29, 0.717) is 0 Å². The summed E-state index contributed by atoms with van der Waals surface area (Å²) in [7, 11) is 0. The normalized spacial score (nSPS) is 19.0. The first-order valence-corrected chi connectivity index (χ1v) is 5.08. The molecule has 0 aromatic rings. The lowest BCUT2D eigenvalue weighted by atomic mass is 10.0. The first-order valence-electron chi connectivity index (χ1n) is 5.08. The van der Waals surface area contributed by atoms with Gasteiger partial charge < -0.3 is 0 Å².